The van der Waals surface area contributed by atoms with Crippen molar-refractivity contribution in [3.05, 3.63) is 106 Å². The maximum Gasteiger partial charge on any atom is 0.336 e. The van der Waals surface area contributed by atoms with Crippen molar-refractivity contribution in [2.75, 3.05) is 0 Å². The molecule has 8 heteroatoms. The Morgan fingerprint density at radius 3 is 2.20 bits per heavy atom. The van der Waals surface area contributed by atoms with Crippen molar-refractivity contribution in [3.8, 4) is 11.3 Å². The van der Waals surface area contributed by atoms with Gasteiger partial charge in [-0.25, -0.2) is 10.2 Å². The second-order valence-electron chi connectivity index (χ2n) is 7.80. The van der Waals surface area contributed by atoms with E-state index < -0.39 is 5.97 Å². The normalized spacial score (nSPS) is 11.3. The molecule has 0 aliphatic heterocycles. The molecule has 1 amide bonds. The standard InChI is InChI=1S/C27H19N3O5/c31-25(16-30-22-11-5-3-9-20(22)26(32)21-10-4-6-12-23(21)30)29-28-15-17-13-14-24(35-17)18-7-1-2-8-19(18)27(33)34/h1-15H,16H2,(H,29,31)(H,33,34). The van der Waals surface area contributed by atoms with E-state index >= 15 is 0 Å². The minimum Gasteiger partial charge on any atom is -0.478 e. The molecule has 35 heavy (non-hydrogen) atoms. The summed E-state index contributed by atoms with van der Waals surface area (Å²) in [6.45, 7) is -0.0476. The predicted molar refractivity (Wildman–Crippen MR) is 133 cm³/mol. The summed E-state index contributed by atoms with van der Waals surface area (Å²) >= 11 is 0. The van der Waals surface area contributed by atoms with Crippen molar-refractivity contribution < 1.29 is 19.1 Å². The summed E-state index contributed by atoms with van der Waals surface area (Å²) in [5.74, 6) is -0.716. The minimum absolute atomic E-state index is 0.0476. The molecule has 8 nitrogen and oxygen atoms in total. The molecule has 0 bridgehead atoms. The summed E-state index contributed by atoms with van der Waals surface area (Å²) in [6, 6.07) is 24.1. The van der Waals surface area contributed by atoms with Gasteiger partial charge in [0.15, 0.2) is 5.43 Å². The van der Waals surface area contributed by atoms with Gasteiger partial charge in [-0.3, -0.25) is 9.59 Å². The van der Waals surface area contributed by atoms with Crippen molar-refractivity contribution in [2.45, 2.75) is 6.54 Å². The summed E-state index contributed by atoms with van der Waals surface area (Å²) < 4.78 is 7.47. The summed E-state index contributed by atoms with van der Waals surface area (Å²) in [6.07, 6.45) is 1.34. The number of fused-ring (bicyclic) bond motifs is 2. The second-order valence-corrected chi connectivity index (χ2v) is 7.80. The molecule has 2 aromatic heterocycles. The fraction of sp³-hybridized carbons (Fsp3) is 0.0370. The van der Waals surface area contributed by atoms with Crippen LogP contribution in [-0.2, 0) is 11.3 Å². The van der Waals surface area contributed by atoms with Gasteiger partial charge in [-0.15, -0.1) is 0 Å². The topological polar surface area (TPSA) is 114 Å². The number of aromatic carboxylic acids is 1. The van der Waals surface area contributed by atoms with Gasteiger partial charge in [0, 0.05) is 16.3 Å². The third-order valence-electron chi connectivity index (χ3n) is 5.61. The highest BCUT2D eigenvalue weighted by molar-refractivity contribution is 5.96. The van der Waals surface area contributed by atoms with Crippen LogP contribution in [0.15, 0.2) is 99.2 Å². The molecule has 0 unspecified atom stereocenters. The van der Waals surface area contributed by atoms with Crippen LogP contribution in [-0.4, -0.2) is 27.8 Å². The maximum absolute atomic E-state index is 12.8. The SMILES string of the molecule is O=C(Cn1c2ccccc2c(=O)c2ccccc21)NN=Cc1ccc(-c2ccccc2C(=O)O)o1. The Kier molecular flexibility index (Phi) is 5.68. The first kappa shape index (κ1) is 21.8. The van der Waals surface area contributed by atoms with Crippen LogP contribution < -0.4 is 10.9 Å². The first-order valence-corrected chi connectivity index (χ1v) is 10.8. The van der Waals surface area contributed by atoms with Gasteiger partial charge in [0.2, 0.25) is 0 Å². The molecule has 3 aromatic carbocycles. The van der Waals surface area contributed by atoms with Crippen LogP contribution in [0.25, 0.3) is 33.1 Å². The summed E-state index contributed by atoms with van der Waals surface area (Å²) in [4.78, 5) is 37.0. The first-order valence-electron chi connectivity index (χ1n) is 10.8. The van der Waals surface area contributed by atoms with Crippen LogP contribution in [0.1, 0.15) is 16.1 Å². The molecule has 172 valence electrons. The number of nitrogens with one attached hydrogen (secondary N) is 1. The van der Waals surface area contributed by atoms with Crippen LogP contribution in [0.2, 0.25) is 0 Å². The average Bonchev–Trinajstić information content (AvgIpc) is 3.35. The molecule has 0 fully saturated rings. The lowest BCUT2D eigenvalue weighted by Crippen LogP contribution is -2.25. The molecule has 5 aromatic rings. The third-order valence-corrected chi connectivity index (χ3v) is 5.61. The molecule has 0 radical (unpaired) electrons. The lowest BCUT2D eigenvalue weighted by molar-refractivity contribution is -0.121. The van der Waals surface area contributed by atoms with Gasteiger partial charge < -0.3 is 14.1 Å². The smallest absolute Gasteiger partial charge is 0.336 e. The number of carbonyl (C=O) groups excluding carboxylic acids is 1. The van der Waals surface area contributed by atoms with Crippen LogP contribution in [0.3, 0.4) is 0 Å². The van der Waals surface area contributed by atoms with E-state index in [1.165, 1.54) is 12.3 Å². The number of hydrazone groups is 1. The molecule has 5 rings (SSSR count). The lowest BCUT2D eigenvalue weighted by atomic mass is 10.1. The number of aromatic nitrogens is 1. The van der Waals surface area contributed by atoms with Gasteiger partial charge in [-0.1, -0.05) is 42.5 Å². The van der Waals surface area contributed by atoms with E-state index in [4.69, 9.17) is 4.42 Å². The zero-order valence-electron chi connectivity index (χ0n) is 18.3. The number of nitrogens with zero attached hydrogens (tertiary/aromatic N) is 2. The van der Waals surface area contributed by atoms with Crippen molar-refractivity contribution in [1.82, 2.24) is 9.99 Å². The number of amides is 1. The van der Waals surface area contributed by atoms with Crippen LogP contribution in [0.5, 0.6) is 0 Å². The Balaban J connectivity index is 1.36. The van der Waals surface area contributed by atoms with Gasteiger partial charge in [-0.2, -0.15) is 5.10 Å². The zero-order valence-corrected chi connectivity index (χ0v) is 18.3. The summed E-state index contributed by atoms with van der Waals surface area (Å²) in [5.41, 5.74) is 4.28. The van der Waals surface area contributed by atoms with Crippen molar-refractivity contribution in [3.63, 3.8) is 0 Å². The molecule has 0 aliphatic rings. The van der Waals surface area contributed by atoms with E-state index in [1.807, 2.05) is 12.1 Å². The van der Waals surface area contributed by atoms with E-state index in [0.717, 1.165) is 0 Å². The van der Waals surface area contributed by atoms with E-state index in [2.05, 4.69) is 10.5 Å². The zero-order chi connectivity index (χ0) is 24.4. The van der Waals surface area contributed by atoms with Crippen molar-refractivity contribution >= 4 is 39.9 Å². The molecule has 2 heterocycles. The Morgan fingerprint density at radius 2 is 1.51 bits per heavy atom. The number of benzene rings is 3. The van der Waals surface area contributed by atoms with Crippen molar-refractivity contribution in [2.24, 2.45) is 5.10 Å². The Labute approximate surface area is 198 Å². The number of carbonyl (C=O) groups is 2. The molecule has 0 spiro atoms. The van der Waals surface area contributed by atoms with Crippen LogP contribution in [0, 0.1) is 0 Å². The number of carboxylic acid groups (broad SMARTS) is 1. The number of carboxylic acids is 1. The monoisotopic (exact) mass is 465 g/mol. The Morgan fingerprint density at radius 1 is 0.886 bits per heavy atom. The number of furan rings is 1. The molecule has 0 saturated heterocycles. The number of rotatable bonds is 6. The maximum atomic E-state index is 12.8. The molecule has 0 saturated carbocycles. The highest BCUT2D eigenvalue weighted by Crippen LogP contribution is 2.25. The van der Waals surface area contributed by atoms with Gasteiger partial charge in [-0.05, 0) is 42.5 Å². The Bertz CT molecular complexity index is 1620. The number of hydrogen-bond acceptors (Lipinski definition) is 5. The molecule has 0 aliphatic carbocycles. The molecular weight excluding hydrogens is 446 g/mol. The second kappa shape index (κ2) is 9.11. The number of pyridine rings is 1. The largest absolute Gasteiger partial charge is 0.478 e. The highest BCUT2D eigenvalue weighted by atomic mass is 16.4. The third kappa shape index (κ3) is 4.20. The van der Waals surface area contributed by atoms with E-state index in [9.17, 15) is 19.5 Å². The van der Waals surface area contributed by atoms with E-state index in [-0.39, 0.29) is 23.4 Å². The van der Waals surface area contributed by atoms with E-state index in [1.54, 1.807) is 71.3 Å². The van der Waals surface area contributed by atoms with Crippen LogP contribution in [0.4, 0.5) is 0 Å². The van der Waals surface area contributed by atoms with Crippen molar-refractivity contribution in [1.29, 1.82) is 0 Å². The number of hydrogen-bond donors (Lipinski definition) is 2. The van der Waals surface area contributed by atoms with Gasteiger partial charge in [0.25, 0.3) is 5.91 Å². The van der Waals surface area contributed by atoms with Crippen LogP contribution >= 0.6 is 0 Å². The Hall–Kier alpha value is -4.98. The highest BCUT2D eigenvalue weighted by Gasteiger charge is 2.14. The quantitative estimate of drug-likeness (QED) is 0.221. The predicted octanol–water partition coefficient (Wildman–Crippen LogP) is 4.26. The fourth-order valence-electron chi connectivity index (χ4n) is 4.05. The van der Waals surface area contributed by atoms with Gasteiger partial charge in [0.05, 0.1) is 22.8 Å². The lowest BCUT2D eigenvalue weighted by Gasteiger charge is -2.14. The summed E-state index contributed by atoms with van der Waals surface area (Å²) in [5, 5.41) is 14.4. The molecule has 2 N–H and O–H groups in total. The van der Waals surface area contributed by atoms with Gasteiger partial charge in [0.1, 0.15) is 18.1 Å². The van der Waals surface area contributed by atoms with Gasteiger partial charge >= 0.3 is 5.97 Å². The number of para-hydroxylation sites is 2. The molecule has 0 atom stereocenters. The first-order chi connectivity index (χ1) is 17.0. The fourth-order valence-corrected chi connectivity index (χ4v) is 4.05. The molecular formula is C27H19N3O5. The summed E-state index contributed by atoms with van der Waals surface area (Å²) in [7, 11) is 0. The minimum atomic E-state index is -1.05. The van der Waals surface area contributed by atoms with E-state index in [0.29, 0.717) is 38.9 Å². The average molecular weight is 465 g/mol.